The molecule has 0 bridgehead atoms. The maximum absolute atomic E-state index is 13.9. The number of aryl methyl sites for hydroxylation is 1. The van der Waals surface area contributed by atoms with Gasteiger partial charge in [-0.25, -0.2) is 0 Å². The van der Waals surface area contributed by atoms with Crippen LogP contribution in [0.25, 0.3) is 5.65 Å². The third-order valence-electron chi connectivity index (χ3n) is 6.29. The van der Waals surface area contributed by atoms with Gasteiger partial charge in [-0.15, -0.1) is 10.2 Å². The molecule has 1 aliphatic rings. The summed E-state index contributed by atoms with van der Waals surface area (Å²) in [7, 11) is 0. The molecule has 0 unspecified atom stereocenters. The number of halogens is 3. The minimum absolute atomic E-state index is 0.0659. The quantitative estimate of drug-likeness (QED) is 0.401. The highest BCUT2D eigenvalue weighted by atomic mass is 19.4. The lowest BCUT2D eigenvalue weighted by Crippen LogP contribution is -2.36. The number of rotatable bonds is 4. The van der Waals surface area contributed by atoms with Gasteiger partial charge in [0, 0.05) is 42.6 Å². The van der Waals surface area contributed by atoms with Gasteiger partial charge in [-0.1, -0.05) is 24.1 Å². The molecule has 2 aromatic heterocycles. The summed E-state index contributed by atoms with van der Waals surface area (Å²) in [6.07, 6.45) is -2.75. The van der Waals surface area contributed by atoms with Gasteiger partial charge in [0.1, 0.15) is 0 Å². The number of nitrogens with one attached hydrogen (secondary N) is 1. The highest BCUT2D eigenvalue weighted by molar-refractivity contribution is 6.04. The van der Waals surface area contributed by atoms with Crippen LogP contribution in [0.3, 0.4) is 0 Å². The predicted molar refractivity (Wildman–Crippen MR) is 136 cm³/mol. The van der Waals surface area contributed by atoms with Gasteiger partial charge in [0.15, 0.2) is 5.65 Å². The number of carbonyl (C=O) groups excluding carboxylic acids is 1. The lowest BCUT2D eigenvalue weighted by Gasteiger charge is -2.27. The number of fused-ring (bicyclic) bond motifs is 1. The molecule has 2 aromatic carbocycles. The molecule has 0 aliphatic carbocycles. The normalized spacial score (nSPS) is 14.2. The van der Waals surface area contributed by atoms with Gasteiger partial charge in [0.05, 0.1) is 18.8 Å². The lowest BCUT2D eigenvalue weighted by atomic mass is 10.0. The van der Waals surface area contributed by atoms with Crippen LogP contribution in [0.15, 0.2) is 60.8 Å². The van der Waals surface area contributed by atoms with E-state index in [9.17, 15) is 18.0 Å². The number of morpholine rings is 1. The second-order valence-electron chi connectivity index (χ2n) is 8.94. The van der Waals surface area contributed by atoms with Gasteiger partial charge in [-0.2, -0.15) is 13.2 Å². The molecule has 1 fully saturated rings. The lowest BCUT2D eigenvalue weighted by molar-refractivity contribution is -0.138. The maximum atomic E-state index is 13.9. The highest BCUT2D eigenvalue weighted by Gasteiger charge is 2.34. The Bertz CT molecular complexity index is 1550. The average molecular weight is 520 g/mol. The maximum Gasteiger partial charge on any atom is 0.416 e. The molecule has 0 atom stereocenters. The van der Waals surface area contributed by atoms with Crippen molar-refractivity contribution in [1.29, 1.82) is 0 Å². The van der Waals surface area contributed by atoms with Gasteiger partial charge >= 0.3 is 6.18 Å². The molecule has 194 valence electrons. The van der Waals surface area contributed by atoms with Crippen LogP contribution in [0.4, 0.5) is 18.9 Å². The first-order chi connectivity index (χ1) is 18.3. The summed E-state index contributed by atoms with van der Waals surface area (Å²) in [5.74, 6) is 5.92. The van der Waals surface area contributed by atoms with E-state index < -0.39 is 17.6 Å². The molecule has 4 aromatic rings. The van der Waals surface area contributed by atoms with Crippen LogP contribution >= 0.6 is 0 Å². The van der Waals surface area contributed by atoms with E-state index in [0.717, 1.165) is 11.6 Å². The molecule has 1 saturated heterocycles. The Hall–Kier alpha value is -4.20. The zero-order valence-corrected chi connectivity index (χ0v) is 20.5. The summed E-state index contributed by atoms with van der Waals surface area (Å²) >= 11 is 0. The zero-order chi connectivity index (χ0) is 26.7. The Morgan fingerprint density at radius 1 is 1.05 bits per heavy atom. The van der Waals surface area contributed by atoms with E-state index in [2.05, 4.69) is 27.4 Å². The van der Waals surface area contributed by atoms with E-state index in [0.29, 0.717) is 43.3 Å². The fourth-order valence-electron chi connectivity index (χ4n) is 4.21. The highest BCUT2D eigenvalue weighted by Crippen LogP contribution is 2.34. The second kappa shape index (κ2) is 10.7. The van der Waals surface area contributed by atoms with Gasteiger partial charge < -0.3 is 10.1 Å². The van der Waals surface area contributed by atoms with Crippen molar-refractivity contribution in [2.24, 2.45) is 0 Å². The molecule has 7 nitrogen and oxygen atoms in total. The molecule has 10 heteroatoms. The third-order valence-corrected chi connectivity index (χ3v) is 6.29. The van der Waals surface area contributed by atoms with E-state index in [1.807, 2.05) is 30.0 Å². The van der Waals surface area contributed by atoms with Crippen molar-refractivity contribution in [3.05, 3.63) is 94.4 Å². The first-order valence-corrected chi connectivity index (χ1v) is 12.0. The van der Waals surface area contributed by atoms with E-state index in [1.165, 1.54) is 12.1 Å². The number of hydrogen-bond acceptors (Lipinski definition) is 5. The SMILES string of the molecule is Cc1ccc(C(=O)Nc2ccc(CN3CCOCC3)c(C(F)(F)F)c2)cc1C#Cc1nnc2ccccn12. The molecule has 0 radical (unpaired) electrons. The minimum atomic E-state index is -4.55. The summed E-state index contributed by atoms with van der Waals surface area (Å²) in [6.45, 7) is 4.15. The molecule has 1 N–H and O–H groups in total. The van der Waals surface area contributed by atoms with Crippen molar-refractivity contribution in [3.8, 4) is 11.8 Å². The molecular formula is C28H24F3N5O2. The number of alkyl halides is 3. The van der Waals surface area contributed by atoms with Crippen molar-refractivity contribution in [1.82, 2.24) is 19.5 Å². The summed E-state index contributed by atoms with van der Waals surface area (Å²) < 4.78 is 48.6. The van der Waals surface area contributed by atoms with Crippen LogP contribution in [-0.4, -0.2) is 51.7 Å². The van der Waals surface area contributed by atoms with Gasteiger partial charge in [0.25, 0.3) is 5.91 Å². The van der Waals surface area contributed by atoms with Crippen molar-refractivity contribution in [3.63, 3.8) is 0 Å². The van der Waals surface area contributed by atoms with Crippen LogP contribution in [0.5, 0.6) is 0 Å². The monoisotopic (exact) mass is 519 g/mol. The van der Waals surface area contributed by atoms with Crippen LogP contribution in [0.2, 0.25) is 0 Å². The Kier molecular flexibility index (Phi) is 7.13. The van der Waals surface area contributed by atoms with Crippen LogP contribution in [-0.2, 0) is 17.5 Å². The fraction of sp³-hybridized carbons (Fsp3) is 0.250. The van der Waals surface area contributed by atoms with Crippen molar-refractivity contribution in [2.45, 2.75) is 19.6 Å². The first kappa shape index (κ1) is 25.4. The molecule has 3 heterocycles. The Balaban J connectivity index is 1.36. The van der Waals surface area contributed by atoms with Crippen LogP contribution in [0.1, 0.15) is 38.4 Å². The van der Waals surface area contributed by atoms with E-state index in [4.69, 9.17) is 4.74 Å². The zero-order valence-electron chi connectivity index (χ0n) is 20.5. The number of aromatic nitrogens is 3. The largest absolute Gasteiger partial charge is 0.416 e. The first-order valence-electron chi connectivity index (χ1n) is 12.0. The van der Waals surface area contributed by atoms with Crippen LogP contribution in [0, 0.1) is 18.8 Å². The number of pyridine rings is 1. The van der Waals surface area contributed by atoms with Gasteiger partial charge in [-0.3, -0.25) is 14.1 Å². The molecule has 1 amide bonds. The van der Waals surface area contributed by atoms with Crippen LogP contribution < -0.4 is 5.32 Å². The number of hydrogen-bond donors (Lipinski definition) is 1. The topological polar surface area (TPSA) is 71.8 Å². The Labute approximate surface area is 217 Å². The number of carbonyl (C=O) groups is 1. The summed E-state index contributed by atoms with van der Waals surface area (Å²) in [5.41, 5.74) is 1.84. The summed E-state index contributed by atoms with van der Waals surface area (Å²) in [6, 6.07) is 14.4. The number of benzene rings is 2. The molecule has 5 rings (SSSR count). The van der Waals surface area contributed by atoms with Crippen molar-refractivity contribution < 1.29 is 22.7 Å². The van der Waals surface area contributed by atoms with Gasteiger partial charge in [0.2, 0.25) is 5.82 Å². The molecule has 0 spiro atoms. The smallest absolute Gasteiger partial charge is 0.379 e. The number of nitrogens with zero attached hydrogens (tertiary/aromatic N) is 4. The van der Waals surface area contributed by atoms with Crippen molar-refractivity contribution in [2.75, 3.05) is 31.6 Å². The molecule has 1 aliphatic heterocycles. The predicted octanol–water partition coefficient (Wildman–Crippen LogP) is 4.54. The Morgan fingerprint density at radius 2 is 1.87 bits per heavy atom. The van der Waals surface area contributed by atoms with E-state index in [-0.39, 0.29) is 23.4 Å². The number of anilines is 1. The Morgan fingerprint density at radius 3 is 2.66 bits per heavy atom. The number of amides is 1. The average Bonchev–Trinajstić information content (AvgIpc) is 3.32. The third kappa shape index (κ3) is 5.69. The molecular weight excluding hydrogens is 495 g/mol. The minimum Gasteiger partial charge on any atom is -0.379 e. The van der Waals surface area contributed by atoms with Crippen molar-refractivity contribution >= 4 is 17.2 Å². The summed E-state index contributed by atoms with van der Waals surface area (Å²) in [4.78, 5) is 14.9. The summed E-state index contributed by atoms with van der Waals surface area (Å²) in [5, 5.41) is 10.7. The van der Waals surface area contributed by atoms with Gasteiger partial charge in [-0.05, 0) is 60.4 Å². The second-order valence-corrected chi connectivity index (χ2v) is 8.94. The van der Waals surface area contributed by atoms with E-state index >= 15 is 0 Å². The molecule has 0 saturated carbocycles. The molecule has 38 heavy (non-hydrogen) atoms. The standard InChI is InChI=1S/C28H24F3N5O2/c1-19-5-6-21(16-20(19)8-10-26-34-33-25-4-2-3-11-36(25)26)27(37)32-23-9-7-22(24(17-23)28(29,30)31)18-35-12-14-38-15-13-35/h2-7,9,11,16-17H,12-15,18H2,1H3,(H,32,37). The fourth-order valence-corrected chi connectivity index (χ4v) is 4.21. The number of ether oxygens (including phenoxy) is 1. The van der Waals surface area contributed by atoms with E-state index in [1.54, 1.807) is 28.8 Å².